The molecule has 0 saturated heterocycles. The van der Waals surface area contributed by atoms with E-state index in [2.05, 4.69) is 4.74 Å². The predicted molar refractivity (Wildman–Crippen MR) is 80.8 cm³/mol. The first-order chi connectivity index (χ1) is 9.50. The number of hydrogen-bond acceptors (Lipinski definition) is 6. The van der Waals surface area contributed by atoms with Gasteiger partial charge in [0.25, 0.3) is 0 Å². The number of carboxylic acid groups (broad SMARTS) is 5. The summed E-state index contributed by atoms with van der Waals surface area (Å²) in [5.41, 5.74) is -2.96. The van der Waals surface area contributed by atoms with Crippen LogP contribution in [-0.4, -0.2) is 150 Å². The molecule has 24 heavy (non-hydrogen) atoms. The third-order valence-corrected chi connectivity index (χ3v) is 2.03. The van der Waals surface area contributed by atoms with Gasteiger partial charge < -0.3 is 30.3 Å². The third-order valence-electron chi connectivity index (χ3n) is 2.03. The standard InChI is InChI=1S/C10H10O11.3Na.3H/c11-5(12)1-4(8(17)18)21-10(9(19)20,2-6(13)14)3-7(15)16;;;;;;/h1H,2-3H2,(H,11,12)(H,13,14)(H,15,16)(H,17,18)(H,19,20);;;;;;/b4-1-;;;;;;. The monoisotopic (exact) mass is 378 g/mol. The Morgan fingerprint density at radius 3 is 1.38 bits per heavy atom. The molecule has 0 atom stereocenters. The van der Waals surface area contributed by atoms with Crippen molar-refractivity contribution >= 4 is 119 Å². The number of carboxylic acids is 5. The molecule has 5 N–H and O–H groups in total. The molecule has 0 aliphatic carbocycles. The Balaban J connectivity index is -0.000000667. The van der Waals surface area contributed by atoms with Crippen LogP contribution in [0.4, 0.5) is 0 Å². The van der Waals surface area contributed by atoms with Gasteiger partial charge in [-0.1, -0.05) is 0 Å². The van der Waals surface area contributed by atoms with Crippen molar-refractivity contribution in [3.63, 3.8) is 0 Å². The fraction of sp³-hybridized carbons (Fsp3) is 0.300. The molecule has 0 rings (SSSR count). The summed E-state index contributed by atoms with van der Waals surface area (Å²) in [6.07, 6.45) is -2.80. The van der Waals surface area contributed by atoms with Gasteiger partial charge in [-0.3, -0.25) is 9.59 Å². The predicted octanol–water partition coefficient (Wildman–Crippen LogP) is -3.12. The van der Waals surface area contributed by atoms with Crippen LogP contribution in [0.5, 0.6) is 0 Å². The summed E-state index contributed by atoms with van der Waals surface area (Å²) in [6, 6.07) is 0. The summed E-state index contributed by atoms with van der Waals surface area (Å²) in [5.74, 6) is -10.8. The molecule has 0 aromatic carbocycles. The average Bonchev–Trinajstić information content (AvgIpc) is 2.24. The van der Waals surface area contributed by atoms with Crippen molar-refractivity contribution < 1.29 is 54.2 Å². The molecular weight excluding hydrogens is 365 g/mol. The van der Waals surface area contributed by atoms with E-state index in [9.17, 15) is 24.0 Å². The SMILES string of the molecule is O=C(O)/C=C(\OC(CC(=O)O)(CC(=O)O)C(=O)O)C(=O)O.[NaH].[NaH].[NaH]. The molecule has 0 bridgehead atoms. The quantitative estimate of drug-likeness (QED) is 0.155. The van der Waals surface area contributed by atoms with Gasteiger partial charge in [0.15, 0.2) is 0 Å². The van der Waals surface area contributed by atoms with Gasteiger partial charge in [0.2, 0.25) is 11.4 Å². The second-order valence-electron chi connectivity index (χ2n) is 3.69. The molecule has 0 amide bonds. The molecule has 0 radical (unpaired) electrons. The molecule has 0 unspecified atom stereocenters. The summed E-state index contributed by atoms with van der Waals surface area (Å²) < 4.78 is 4.41. The molecule has 11 nitrogen and oxygen atoms in total. The van der Waals surface area contributed by atoms with Crippen molar-refractivity contribution in [2.24, 2.45) is 0 Å². The maximum absolute atomic E-state index is 11.1. The van der Waals surface area contributed by atoms with E-state index in [1.54, 1.807) is 0 Å². The fourth-order valence-electron chi connectivity index (χ4n) is 1.28. The van der Waals surface area contributed by atoms with Gasteiger partial charge in [0.1, 0.15) is 0 Å². The van der Waals surface area contributed by atoms with Crippen LogP contribution < -0.4 is 0 Å². The van der Waals surface area contributed by atoms with E-state index in [0.29, 0.717) is 0 Å². The second-order valence-corrected chi connectivity index (χ2v) is 3.69. The molecule has 0 aliphatic heterocycles. The van der Waals surface area contributed by atoms with E-state index < -0.39 is 54.0 Å². The summed E-state index contributed by atoms with van der Waals surface area (Å²) >= 11 is 0. The molecule has 0 spiro atoms. The average molecular weight is 378 g/mol. The third kappa shape index (κ3) is 11.4. The van der Waals surface area contributed by atoms with Gasteiger partial charge in [-0.05, 0) is 0 Å². The zero-order valence-corrected chi connectivity index (χ0v) is 10.2. The van der Waals surface area contributed by atoms with E-state index in [1.807, 2.05) is 0 Å². The Labute approximate surface area is 200 Å². The molecule has 0 saturated carbocycles. The van der Waals surface area contributed by atoms with Crippen molar-refractivity contribution in [1.29, 1.82) is 0 Å². The Morgan fingerprint density at radius 1 is 0.792 bits per heavy atom. The van der Waals surface area contributed by atoms with Gasteiger partial charge in [0, 0.05) is 0 Å². The van der Waals surface area contributed by atoms with Gasteiger partial charge >= 0.3 is 119 Å². The van der Waals surface area contributed by atoms with E-state index in [1.165, 1.54) is 0 Å². The van der Waals surface area contributed by atoms with Crippen LogP contribution in [0, 0.1) is 0 Å². The van der Waals surface area contributed by atoms with Crippen LogP contribution >= 0.6 is 0 Å². The van der Waals surface area contributed by atoms with Crippen LogP contribution in [0.3, 0.4) is 0 Å². The van der Waals surface area contributed by atoms with Crippen LogP contribution in [0.1, 0.15) is 12.8 Å². The van der Waals surface area contributed by atoms with E-state index >= 15 is 0 Å². The second kappa shape index (κ2) is 14.1. The van der Waals surface area contributed by atoms with Crippen molar-refractivity contribution in [2.75, 3.05) is 0 Å². The number of ether oxygens (including phenoxy) is 1. The van der Waals surface area contributed by atoms with Gasteiger partial charge in [-0.2, -0.15) is 0 Å². The minimum absolute atomic E-state index is 0. The maximum atomic E-state index is 11.1. The number of aliphatic carboxylic acids is 5. The Kier molecular flexibility index (Phi) is 18.6. The molecule has 0 aliphatic rings. The van der Waals surface area contributed by atoms with Gasteiger partial charge in [-0.25, -0.2) is 14.4 Å². The molecular formula is C10H13Na3O11. The van der Waals surface area contributed by atoms with Crippen LogP contribution in [-0.2, 0) is 28.7 Å². The fourth-order valence-corrected chi connectivity index (χ4v) is 1.28. The van der Waals surface area contributed by atoms with Crippen LogP contribution in [0.25, 0.3) is 0 Å². The van der Waals surface area contributed by atoms with Crippen LogP contribution in [0.2, 0.25) is 0 Å². The first-order valence-electron chi connectivity index (χ1n) is 5.04. The zero-order chi connectivity index (χ0) is 16.8. The normalized spacial score (nSPS) is 10.1. The van der Waals surface area contributed by atoms with E-state index in [0.717, 1.165) is 0 Å². The van der Waals surface area contributed by atoms with Crippen molar-refractivity contribution in [2.45, 2.75) is 18.4 Å². The molecule has 14 heteroatoms. The van der Waals surface area contributed by atoms with Crippen LogP contribution in [0.15, 0.2) is 11.8 Å². The number of rotatable bonds is 9. The Morgan fingerprint density at radius 2 is 1.17 bits per heavy atom. The summed E-state index contributed by atoms with van der Waals surface area (Å²) in [4.78, 5) is 53.6. The first kappa shape index (κ1) is 31.6. The Hall–Kier alpha value is -0.110. The topological polar surface area (TPSA) is 196 Å². The van der Waals surface area contributed by atoms with Gasteiger partial charge in [0.05, 0.1) is 18.9 Å². The number of hydrogen-bond donors (Lipinski definition) is 5. The first-order valence-corrected chi connectivity index (χ1v) is 5.04. The molecule has 0 aromatic rings. The van der Waals surface area contributed by atoms with Crippen molar-refractivity contribution in [3.8, 4) is 0 Å². The molecule has 0 fully saturated rings. The van der Waals surface area contributed by atoms with Crippen molar-refractivity contribution in [1.82, 2.24) is 0 Å². The summed E-state index contributed by atoms with van der Waals surface area (Å²) in [5, 5.41) is 43.3. The molecule has 0 aromatic heterocycles. The van der Waals surface area contributed by atoms with Crippen molar-refractivity contribution in [3.05, 3.63) is 11.8 Å². The van der Waals surface area contributed by atoms with E-state index in [4.69, 9.17) is 25.5 Å². The number of carbonyl (C=O) groups is 5. The zero-order valence-electron chi connectivity index (χ0n) is 10.2. The Bertz CT molecular complexity index is 512. The van der Waals surface area contributed by atoms with Gasteiger partial charge in [-0.15, -0.1) is 0 Å². The molecule has 0 heterocycles. The van der Waals surface area contributed by atoms with E-state index in [-0.39, 0.29) is 94.7 Å². The molecule has 122 valence electrons. The summed E-state index contributed by atoms with van der Waals surface area (Å²) in [7, 11) is 0. The minimum atomic E-state index is -2.96. The summed E-state index contributed by atoms with van der Waals surface area (Å²) in [6.45, 7) is 0.